The van der Waals surface area contributed by atoms with Crippen LogP contribution >= 0.6 is 11.3 Å². The smallest absolute Gasteiger partial charge is 0.0640 e. The number of para-hydroxylation sites is 1. The van der Waals surface area contributed by atoms with Gasteiger partial charge in [-0.05, 0) is 75.0 Å². The topological polar surface area (TPSA) is 3.24 Å². The van der Waals surface area contributed by atoms with Gasteiger partial charge in [0.15, 0.2) is 0 Å². The van der Waals surface area contributed by atoms with Crippen LogP contribution in [0.4, 0.5) is 17.1 Å². The lowest BCUT2D eigenvalue weighted by atomic mass is 9.82. The third-order valence-electron chi connectivity index (χ3n) is 9.64. The summed E-state index contributed by atoms with van der Waals surface area (Å²) in [6.07, 6.45) is 0. The van der Waals surface area contributed by atoms with Crippen molar-refractivity contribution in [1.29, 1.82) is 0 Å². The second-order valence-electron chi connectivity index (χ2n) is 12.6. The molecule has 0 saturated carbocycles. The van der Waals surface area contributed by atoms with Gasteiger partial charge in [0.1, 0.15) is 0 Å². The van der Waals surface area contributed by atoms with E-state index in [1.54, 1.807) is 0 Å². The van der Waals surface area contributed by atoms with E-state index < -0.39 is 0 Å². The Hall–Kier alpha value is -5.18. The second-order valence-corrected chi connectivity index (χ2v) is 13.6. The maximum absolute atomic E-state index is 2.49. The Morgan fingerprint density at radius 3 is 2.00 bits per heavy atom. The number of anilines is 3. The highest BCUT2D eigenvalue weighted by molar-refractivity contribution is 7.26. The van der Waals surface area contributed by atoms with Crippen molar-refractivity contribution in [2.45, 2.75) is 19.3 Å². The Morgan fingerprint density at radius 1 is 0.489 bits per heavy atom. The van der Waals surface area contributed by atoms with Crippen LogP contribution in [0.25, 0.3) is 53.2 Å². The van der Waals surface area contributed by atoms with Gasteiger partial charge < -0.3 is 4.90 Å². The van der Waals surface area contributed by atoms with Crippen LogP contribution in [0.5, 0.6) is 0 Å². The fourth-order valence-corrected chi connectivity index (χ4v) is 8.67. The summed E-state index contributed by atoms with van der Waals surface area (Å²) in [5.74, 6) is 0. The van der Waals surface area contributed by atoms with E-state index in [2.05, 4.69) is 170 Å². The van der Waals surface area contributed by atoms with Crippen molar-refractivity contribution >= 4 is 59.3 Å². The number of hydrogen-bond donors (Lipinski definition) is 0. The lowest BCUT2D eigenvalue weighted by Gasteiger charge is -2.29. The van der Waals surface area contributed by atoms with Gasteiger partial charge in [-0.15, -0.1) is 11.3 Å². The predicted molar refractivity (Wildman–Crippen MR) is 195 cm³/mol. The minimum Gasteiger partial charge on any atom is -0.308 e. The molecule has 0 spiro atoms. The lowest BCUT2D eigenvalue weighted by molar-refractivity contribution is 0.660. The molecule has 0 atom stereocenters. The summed E-state index contributed by atoms with van der Waals surface area (Å²) in [4.78, 5) is 2.49. The Morgan fingerprint density at radius 2 is 1.16 bits per heavy atom. The number of thiophene rings is 1. The Bertz CT molecular complexity index is 2410. The SMILES string of the molecule is CC1(C)c2ccccc2-c2cc(N(c3ccccc3-c3ccccc3)c3cccc4c3sc3cc5ccccc5cc34)ccc21. The van der Waals surface area contributed by atoms with Crippen LogP contribution in [-0.2, 0) is 5.41 Å². The van der Waals surface area contributed by atoms with Gasteiger partial charge in [0.25, 0.3) is 0 Å². The molecule has 0 aliphatic heterocycles. The molecule has 1 aliphatic rings. The monoisotopic (exact) mass is 593 g/mol. The third-order valence-corrected chi connectivity index (χ3v) is 10.8. The summed E-state index contributed by atoms with van der Waals surface area (Å²) in [7, 11) is 0. The van der Waals surface area contributed by atoms with Crippen molar-refractivity contribution in [3.05, 3.63) is 163 Å². The molecule has 1 aliphatic carbocycles. The first-order valence-corrected chi connectivity index (χ1v) is 16.4. The summed E-state index contributed by atoms with van der Waals surface area (Å²) in [6.45, 7) is 4.70. The van der Waals surface area contributed by atoms with Crippen LogP contribution < -0.4 is 4.90 Å². The minimum atomic E-state index is -0.0370. The van der Waals surface area contributed by atoms with E-state index in [0.717, 1.165) is 0 Å². The second kappa shape index (κ2) is 9.92. The van der Waals surface area contributed by atoms with Crippen molar-refractivity contribution in [2.24, 2.45) is 0 Å². The van der Waals surface area contributed by atoms with Gasteiger partial charge in [-0.1, -0.05) is 129 Å². The van der Waals surface area contributed by atoms with Crippen LogP contribution in [-0.4, -0.2) is 0 Å². The molecule has 214 valence electrons. The lowest BCUT2D eigenvalue weighted by Crippen LogP contribution is -2.15. The zero-order chi connectivity index (χ0) is 30.1. The first-order valence-electron chi connectivity index (χ1n) is 15.6. The Labute approximate surface area is 267 Å². The molecule has 0 saturated heterocycles. The highest BCUT2D eigenvalue weighted by Gasteiger charge is 2.35. The largest absolute Gasteiger partial charge is 0.308 e. The molecule has 1 nitrogen and oxygen atoms in total. The molecule has 0 bridgehead atoms. The quantitative estimate of drug-likeness (QED) is 0.196. The summed E-state index contributed by atoms with van der Waals surface area (Å²) >= 11 is 1.89. The number of nitrogens with zero attached hydrogens (tertiary/aromatic N) is 1. The average Bonchev–Trinajstić information content (AvgIpc) is 3.56. The minimum absolute atomic E-state index is 0.0370. The van der Waals surface area contributed by atoms with E-state index in [9.17, 15) is 0 Å². The molecule has 7 aromatic carbocycles. The molecule has 0 unspecified atom stereocenters. The molecule has 9 rings (SSSR count). The first kappa shape index (κ1) is 26.2. The normalized spacial score (nSPS) is 13.3. The summed E-state index contributed by atoms with van der Waals surface area (Å²) in [6, 6.07) is 55.8. The fourth-order valence-electron chi connectivity index (χ4n) is 7.43. The molecule has 0 fully saturated rings. The summed E-state index contributed by atoms with van der Waals surface area (Å²) in [5.41, 5.74) is 11.4. The van der Waals surface area contributed by atoms with Gasteiger partial charge in [-0.3, -0.25) is 0 Å². The van der Waals surface area contributed by atoms with E-state index in [0.29, 0.717) is 0 Å². The number of hydrogen-bond acceptors (Lipinski definition) is 2. The van der Waals surface area contributed by atoms with Gasteiger partial charge in [0.05, 0.1) is 16.1 Å². The van der Waals surface area contributed by atoms with Crippen LogP contribution in [0.3, 0.4) is 0 Å². The Balaban J connectivity index is 1.34. The summed E-state index contributed by atoms with van der Waals surface area (Å²) in [5, 5.41) is 5.18. The fraction of sp³-hybridized carbons (Fsp3) is 0.0698. The molecule has 1 aromatic heterocycles. The van der Waals surface area contributed by atoms with Crippen molar-refractivity contribution in [3.63, 3.8) is 0 Å². The molecule has 1 heterocycles. The third kappa shape index (κ3) is 3.99. The molecule has 2 heteroatoms. The summed E-state index contributed by atoms with van der Waals surface area (Å²) < 4.78 is 2.61. The Kier molecular flexibility index (Phi) is 5.78. The van der Waals surface area contributed by atoms with Gasteiger partial charge in [0.2, 0.25) is 0 Å². The number of fused-ring (bicyclic) bond motifs is 7. The molecule has 0 radical (unpaired) electrons. The van der Waals surface area contributed by atoms with E-state index in [1.165, 1.54) is 81.4 Å². The van der Waals surface area contributed by atoms with Gasteiger partial charge in [-0.25, -0.2) is 0 Å². The molecule has 45 heavy (non-hydrogen) atoms. The number of benzene rings is 7. The molecule has 0 N–H and O–H groups in total. The van der Waals surface area contributed by atoms with E-state index in [1.807, 2.05) is 11.3 Å². The number of rotatable bonds is 4. The van der Waals surface area contributed by atoms with Crippen molar-refractivity contribution in [2.75, 3.05) is 4.90 Å². The standard InChI is InChI=1S/C43H31NS/c1-43(2)37-20-10-8-18-33(37)35-27-31(23-24-38(35)43)44(39-21-11-9-17-32(39)28-13-4-3-5-14-28)40-22-12-19-34-36-25-29-15-6-7-16-30(29)26-41(36)45-42(34)40/h3-27H,1-2H3. The van der Waals surface area contributed by atoms with E-state index >= 15 is 0 Å². The first-order chi connectivity index (χ1) is 22.1. The molecule has 0 amide bonds. The van der Waals surface area contributed by atoms with Gasteiger partial charge in [0, 0.05) is 32.1 Å². The van der Waals surface area contributed by atoms with Crippen LogP contribution in [0.1, 0.15) is 25.0 Å². The maximum Gasteiger partial charge on any atom is 0.0640 e. The van der Waals surface area contributed by atoms with E-state index in [-0.39, 0.29) is 5.41 Å². The van der Waals surface area contributed by atoms with Crippen LogP contribution in [0, 0.1) is 0 Å². The molecular weight excluding hydrogens is 563 g/mol. The van der Waals surface area contributed by atoms with Crippen molar-refractivity contribution in [3.8, 4) is 22.3 Å². The zero-order valence-corrected chi connectivity index (χ0v) is 26.1. The predicted octanol–water partition coefficient (Wildman–Crippen LogP) is 12.7. The van der Waals surface area contributed by atoms with Crippen molar-refractivity contribution < 1.29 is 0 Å². The molecule has 8 aromatic rings. The molecular formula is C43H31NS. The highest BCUT2D eigenvalue weighted by Crippen LogP contribution is 2.52. The zero-order valence-electron chi connectivity index (χ0n) is 25.3. The van der Waals surface area contributed by atoms with Gasteiger partial charge >= 0.3 is 0 Å². The highest BCUT2D eigenvalue weighted by atomic mass is 32.1. The van der Waals surface area contributed by atoms with E-state index in [4.69, 9.17) is 0 Å². The average molecular weight is 594 g/mol. The van der Waals surface area contributed by atoms with Gasteiger partial charge in [-0.2, -0.15) is 0 Å². The van der Waals surface area contributed by atoms with Crippen LogP contribution in [0.2, 0.25) is 0 Å². The van der Waals surface area contributed by atoms with Crippen LogP contribution in [0.15, 0.2) is 152 Å². The van der Waals surface area contributed by atoms with Crippen molar-refractivity contribution in [1.82, 2.24) is 0 Å². The maximum atomic E-state index is 2.49.